The van der Waals surface area contributed by atoms with Gasteiger partial charge in [-0.2, -0.15) is 0 Å². The maximum absolute atomic E-state index is 13.6. The molecule has 0 amide bonds. The van der Waals surface area contributed by atoms with Crippen LogP contribution in [0.25, 0.3) is 0 Å². The lowest BCUT2D eigenvalue weighted by Crippen LogP contribution is -2.23. The van der Waals surface area contributed by atoms with Gasteiger partial charge in [0, 0.05) is 24.4 Å². The minimum absolute atomic E-state index is 0.0434. The van der Waals surface area contributed by atoms with Crippen LogP contribution in [-0.2, 0) is 12.8 Å². The van der Waals surface area contributed by atoms with Crippen LogP contribution in [0.5, 0.6) is 0 Å². The van der Waals surface area contributed by atoms with Crippen molar-refractivity contribution in [3.05, 3.63) is 64.2 Å². The summed E-state index contributed by atoms with van der Waals surface area (Å²) in [6, 6.07) is 8.99. The van der Waals surface area contributed by atoms with E-state index in [-0.39, 0.29) is 16.9 Å². The van der Waals surface area contributed by atoms with Crippen molar-refractivity contribution >= 4 is 11.6 Å². The minimum atomic E-state index is -0.383. The molecule has 2 nitrogen and oxygen atoms in total. The summed E-state index contributed by atoms with van der Waals surface area (Å²) in [4.78, 5) is 4.47. The second kappa shape index (κ2) is 7.53. The number of likely N-dealkylation sites (N-methyl/N-ethyl adjacent to an activating group) is 1. The molecule has 21 heavy (non-hydrogen) atoms. The third kappa shape index (κ3) is 4.02. The number of nitrogens with one attached hydrogen (secondary N) is 1. The summed E-state index contributed by atoms with van der Waals surface area (Å²) in [7, 11) is 0. The van der Waals surface area contributed by atoms with Crippen molar-refractivity contribution in [1.29, 1.82) is 0 Å². The van der Waals surface area contributed by atoms with Crippen molar-refractivity contribution in [3.63, 3.8) is 0 Å². The molecule has 4 heteroatoms. The zero-order valence-corrected chi connectivity index (χ0v) is 13.1. The number of hydrogen-bond acceptors (Lipinski definition) is 2. The van der Waals surface area contributed by atoms with Crippen LogP contribution in [0.4, 0.5) is 4.39 Å². The van der Waals surface area contributed by atoms with Crippen LogP contribution in [0, 0.1) is 5.82 Å². The largest absolute Gasteiger partial charge is 0.310 e. The number of aromatic nitrogens is 1. The van der Waals surface area contributed by atoms with Crippen LogP contribution in [-0.4, -0.2) is 11.5 Å². The Morgan fingerprint density at radius 3 is 2.67 bits per heavy atom. The van der Waals surface area contributed by atoms with Crippen molar-refractivity contribution in [2.45, 2.75) is 32.7 Å². The Balaban J connectivity index is 2.24. The standard InChI is InChI=1S/C17H20ClFN2/c1-3-12-8-9-13(21-11-12)10-16(20-4-2)14-6-5-7-15(19)17(14)18/h5-9,11,16,20H,3-4,10H2,1-2H3. The van der Waals surface area contributed by atoms with E-state index in [9.17, 15) is 4.39 Å². The molecule has 0 fully saturated rings. The van der Waals surface area contributed by atoms with Crippen molar-refractivity contribution < 1.29 is 4.39 Å². The van der Waals surface area contributed by atoms with Gasteiger partial charge in [-0.25, -0.2) is 4.39 Å². The molecule has 0 saturated carbocycles. The number of nitrogens with zero attached hydrogens (tertiary/aromatic N) is 1. The second-order valence-electron chi connectivity index (χ2n) is 4.97. The normalized spacial score (nSPS) is 12.4. The van der Waals surface area contributed by atoms with Gasteiger partial charge in [0.05, 0.1) is 5.02 Å². The third-order valence-electron chi connectivity index (χ3n) is 3.51. The average Bonchev–Trinajstić information content (AvgIpc) is 2.50. The van der Waals surface area contributed by atoms with Crippen LogP contribution >= 0.6 is 11.6 Å². The summed E-state index contributed by atoms with van der Waals surface area (Å²) in [5.74, 6) is -0.383. The first kappa shape index (κ1) is 15.9. The van der Waals surface area contributed by atoms with Gasteiger partial charge in [0.1, 0.15) is 5.82 Å². The molecule has 0 radical (unpaired) electrons. The number of rotatable bonds is 6. The molecule has 1 atom stereocenters. The highest BCUT2D eigenvalue weighted by molar-refractivity contribution is 6.31. The predicted molar refractivity (Wildman–Crippen MR) is 85.1 cm³/mol. The number of pyridine rings is 1. The summed E-state index contributed by atoms with van der Waals surface area (Å²) >= 11 is 6.10. The van der Waals surface area contributed by atoms with E-state index in [4.69, 9.17) is 11.6 Å². The molecule has 2 aromatic rings. The van der Waals surface area contributed by atoms with Gasteiger partial charge >= 0.3 is 0 Å². The van der Waals surface area contributed by atoms with E-state index in [0.29, 0.717) is 6.42 Å². The molecule has 1 aromatic heterocycles. The predicted octanol–water partition coefficient (Wildman–Crippen LogP) is 4.33. The number of hydrogen-bond donors (Lipinski definition) is 1. The van der Waals surface area contributed by atoms with E-state index in [0.717, 1.165) is 24.2 Å². The summed E-state index contributed by atoms with van der Waals surface area (Å²) in [6.07, 6.45) is 3.55. The number of halogens is 2. The highest BCUT2D eigenvalue weighted by Crippen LogP contribution is 2.27. The Hall–Kier alpha value is -1.45. The number of aryl methyl sites for hydroxylation is 1. The van der Waals surface area contributed by atoms with E-state index in [1.54, 1.807) is 6.07 Å². The molecule has 1 aromatic carbocycles. The van der Waals surface area contributed by atoms with Crippen LogP contribution in [0.15, 0.2) is 36.5 Å². The summed E-state index contributed by atoms with van der Waals surface area (Å²) in [6.45, 7) is 4.91. The van der Waals surface area contributed by atoms with E-state index < -0.39 is 0 Å². The van der Waals surface area contributed by atoms with Crippen LogP contribution < -0.4 is 5.32 Å². The molecule has 0 bridgehead atoms. The van der Waals surface area contributed by atoms with Gasteiger partial charge in [-0.1, -0.05) is 43.6 Å². The Bertz CT molecular complexity index is 584. The molecule has 1 heterocycles. The quantitative estimate of drug-likeness (QED) is 0.859. The minimum Gasteiger partial charge on any atom is -0.310 e. The maximum atomic E-state index is 13.6. The SMILES string of the molecule is CCNC(Cc1ccc(CC)cn1)c1cccc(F)c1Cl. The topological polar surface area (TPSA) is 24.9 Å². The zero-order valence-electron chi connectivity index (χ0n) is 12.4. The van der Waals surface area contributed by atoms with Gasteiger partial charge in [-0.05, 0) is 36.2 Å². The maximum Gasteiger partial charge on any atom is 0.142 e. The lowest BCUT2D eigenvalue weighted by atomic mass is 10.0. The molecule has 112 valence electrons. The molecular weight excluding hydrogens is 287 g/mol. The van der Waals surface area contributed by atoms with Crippen LogP contribution in [0.2, 0.25) is 5.02 Å². The van der Waals surface area contributed by atoms with Crippen molar-refractivity contribution in [2.24, 2.45) is 0 Å². The molecule has 0 aliphatic heterocycles. The molecule has 0 aliphatic carbocycles. The molecular formula is C17H20ClFN2. The van der Waals surface area contributed by atoms with Gasteiger partial charge in [-0.15, -0.1) is 0 Å². The van der Waals surface area contributed by atoms with Crippen molar-refractivity contribution in [1.82, 2.24) is 10.3 Å². The Labute approximate surface area is 130 Å². The van der Waals surface area contributed by atoms with Crippen LogP contribution in [0.3, 0.4) is 0 Å². The fourth-order valence-electron chi connectivity index (χ4n) is 2.32. The fraction of sp³-hybridized carbons (Fsp3) is 0.353. The van der Waals surface area contributed by atoms with E-state index in [1.165, 1.54) is 11.6 Å². The zero-order chi connectivity index (χ0) is 15.2. The fourth-order valence-corrected chi connectivity index (χ4v) is 2.58. The second-order valence-corrected chi connectivity index (χ2v) is 5.35. The summed E-state index contributed by atoms with van der Waals surface area (Å²) in [5, 5.41) is 3.54. The first-order chi connectivity index (χ1) is 10.2. The lowest BCUT2D eigenvalue weighted by molar-refractivity contribution is 0.537. The molecule has 0 saturated heterocycles. The molecule has 0 spiro atoms. The van der Waals surface area contributed by atoms with Gasteiger partial charge in [0.15, 0.2) is 0 Å². The molecule has 1 N–H and O–H groups in total. The van der Waals surface area contributed by atoms with Gasteiger partial charge in [0.25, 0.3) is 0 Å². The molecule has 0 aliphatic rings. The lowest BCUT2D eigenvalue weighted by Gasteiger charge is -2.19. The molecule has 1 unspecified atom stereocenters. The average molecular weight is 307 g/mol. The summed E-state index contributed by atoms with van der Waals surface area (Å²) in [5.41, 5.74) is 2.96. The van der Waals surface area contributed by atoms with E-state index in [2.05, 4.69) is 23.3 Å². The Kier molecular flexibility index (Phi) is 5.71. The van der Waals surface area contributed by atoms with E-state index >= 15 is 0 Å². The Morgan fingerprint density at radius 2 is 2.05 bits per heavy atom. The smallest absolute Gasteiger partial charge is 0.142 e. The highest BCUT2D eigenvalue weighted by Gasteiger charge is 2.17. The first-order valence-electron chi connectivity index (χ1n) is 7.26. The Morgan fingerprint density at radius 1 is 1.24 bits per heavy atom. The number of benzene rings is 1. The van der Waals surface area contributed by atoms with Gasteiger partial charge in [0.2, 0.25) is 0 Å². The van der Waals surface area contributed by atoms with E-state index in [1.807, 2.05) is 25.3 Å². The van der Waals surface area contributed by atoms with Crippen LogP contribution in [0.1, 0.15) is 36.7 Å². The third-order valence-corrected chi connectivity index (χ3v) is 3.91. The van der Waals surface area contributed by atoms with Crippen molar-refractivity contribution in [3.8, 4) is 0 Å². The monoisotopic (exact) mass is 306 g/mol. The summed E-state index contributed by atoms with van der Waals surface area (Å²) < 4.78 is 13.6. The molecule has 2 rings (SSSR count). The van der Waals surface area contributed by atoms with Gasteiger partial charge in [-0.3, -0.25) is 4.98 Å². The first-order valence-corrected chi connectivity index (χ1v) is 7.64. The van der Waals surface area contributed by atoms with Crippen molar-refractivity contribution in [2.75, 3.05) is 6.54 Å². The highest BCUT2D eigenvalue weighted by atomic mass is 35.5. The van der Waals surface area contributed by atoms with Gasteiger partial charge < -0.3 is 5.32 Å².